The van der Waals surface area contributed by atoms with E-state index in [1.165, 1.54) is 6.42 Å². The maximum atomic E-state index is 9.52. The molecule has 0 bridgehead atoms. The van der Waals surface area contributed by atoms with Crippen LogP contribution in [-0.4, -0.2) is 29.5 Å². The first-order valence-electron chi connectivity index (χ1n) is 3.82. The number of aliphatic hydroxyl groups is 1. The van der Waals surface area contributed by atoms with Gasteiger partial charge in [-0.25, -0.2) is 0 Å². The monoisotopic (exact) mass is 179 g/mol. The van der Waals surface area contributed by atoms with E-state index < -0.39 is 6.10 Å². The first-order chi connectivity index (χ1) is 4.75. The summed E-state index contributed by atoms with van der Waals surface area (Å²) in [6.07, 6.45) is 2.73. The maximum Gasteiger partial charge on any atom is 0.100 e. The molecule has 1 aliphatic carbocycles. The molecule has 66 valence electrons. The second-order valence-electron chi connectivity index (χ2n) is 3.34. The summed E-state index contributed by atoms with van der Waals surface area (Å²) in [5, 5.41) is 9.52. The Labute approximate surface area is 72.3 Å². The minimum absolute atomic E-state index is 0. The predicted octanol–water partition coefficient (Wildman–Crippen LogP) is 0.0493. The van der Waals surface area contributed by atoms with E-state index in [1.807, 2.05) is 0 Å². The molecule has 0 aromatic carbocycles. The fourth-order valence-electron chi connectivity index (χ4n) is 1.79. The van der Waals surface area contributed by atoms with Crippen LogP contribution in [0.2, 0.25) is 0 Å². The van der Waals surface area contributed by atoms with Crippen LogP contribution in [0.5, 0.6) is 0 Å². The van der Waals surface area contributed by atoms with Gasteiger partial charge < -0.3 is 15.6 Å². The molecule has 2 aliphatic rings. The third-order valence-corrected chi connectivity index (χ3v) is 2.71. The lowest BCUT2D eigenvalue weighted by molar-refractivity contribution is -0.110. The molecule has 2 atom stereocenters. The van der Waals surface area contributed by atoms with E-state index >= 15 is 0 Å². The number of halogens is 1. The van der Waals surface area contributed by atoms with E-state index in [1.54, 1.807) is 0 Å². The van der Waals surface area contributed by atoms with E-state index in [9.17, 15) is 5.11 Å². The van der Waals surface area contributed by atoms with Crippen molar-refractivity contribution in [3.63, 3.8) is 0 Å². The van der Waals surface area contributed by atoms with Gasteiger partial charge in [-0.05, 0) is 19.3 Å². The zero-order valence-corrected chi connectivity index (χ0v) is 7.14. The standard InChI is InChI=1S/C7H13NO2.ClH/c8-5-4-10-7(6(5)9)2-1-3-7;/h5-6,9H,1-4,8H2;1H/t5-,6+;/m1./s1. The molecule has 1 saturated heterocycles. The first-order valence-corrected chi connectivity index (χ1v) is 3.82. The van der Waals surface area contributed by atoms with Crippen LogP contribution < -0.4 is 5.73 Å². The molecule has 11 heavy (non-hydrogen) atoms. The van der Waals surface area contributed by atoms with Crippen molar-refractivity contribution in [2.24, 2.45) is 5.73 Å². The topological polar surface area (TPSA) is 55.5 Å². The molecule has 0 unspecified atom stereocenters. The molecular weight excluding hydrogens is 166 g/mol. The van der Waals surface area contributed by atoms with Crippen molar-refractivity contribution in [2.45, 2.75) is 37.0 Å². The van der Waals surface area contributed by atoms with Gasteiger partial charge in [0.2, 0.25) is 0 Å². The van der Waals surface area contributed by atoms with Crippen molar-refractivity contribution >= 4 is 12.4 Å². The SMILES string of the molecule is Cl.N[C@@H]1COC2(CCC2)[C@H]1O. The van der Waals surface area contributed by atoms with Crippen LogP contribution in [-0.2, 0) is 4.74 Å². The summed E-state index contributed by atoms with van der Waals surface area (Å²) in [6.45, 7) is 0.529. The average Bonchev–Trinajstić information content (AvgIpc) is 2.10. The average molecular weight is 180 g/mol. The van der Waals surface area contributed by atoms with Gasteiger partial charge in [-0.3, -0.25) is 0 Å². The summed E-state index contributed by atoms with van der Waals surface area (Å²) in [5.74, 6) is 0. The zero-order chi connectivity index (χ0) is 7.19. The third-order valence-electron chi connectivity index (χ3n) is 2.71. The summed E-state index contributed by atoms with van der Waals surface area (Å²) >= 11 is 0. The van der Waals surface area contributed by atoms with Crippen LogP contribution in [0.3, 0.4) is 0 Å². The van der Waals surface area contributed by atoms with Crippen molar-refractivity contribution in [2.75, 3.05) is 6.61 Å². The van der Waals surface area contributed by atoms with Gasteiger partial charge in [0.05, 0.1) is 18.2 Å². The fraction of sp³-hybridized carbons (Fsp3) is 1.00. The van der Waals surface area contributed by atoms with E-state index in [0.717, 1.165) is 12.8 Å². The van der Waals surface area contributed by atoms with Crippen LogP contribution >= 0.6 is 12.4 Å². The zero-order valence-electron chi connectivity index (χ0n) is 6.32. The minimum Gasteiger partial charge on any atom is -0.388 e. The van der Waals surface area contributed by atoms with Crippen molar-refractivity contribution in [3.8, 4) is 0 Å². The summed E-state index contributed by atoms with van der Waals surface area (Å²) in [4.78, 5) is 0. The van der Waals surface area contributed by atoms with Gasteiger partial charge in [-0.15, -0.1) is 12.4 Å². The van der Waals surface area contributed by atoms with Crippen LogP contribution in [0.1, 0.15) is 19.3 Å². The fourth-order valence-corrected chi connectivity index (χ4v) is 1.79. The number of nitrogens with two attached hydrogens (primary N) is 1. The van der Waals surface area contributed by atoms with E-state index in [0.29, 0.717) is 6.61 Å². The van der Waals surface area contributed by atoms with Gasteiger partial charge in [0.15, 0.2) is 0 Å². The van der Waals surface area contributed by atoms with E-state index in [4.69, 9.17) is 10.5 Å². The van der Waals surface area contributed by atoms with Gasteiger partial charge in [-0.2, -0.15) is 0 Å². The van der Waals surface area contributed by atoms with Gasteiger partial charge in [-0.1, -0.05) is 0 Å². The molecular formula is C7H14ClNO2. The predicted molar refractivity (Wildman–Crippen MR) is 43.8 cm³/mol. The van der Waals surface area contributed by atoms with Gasteiger partial charge in [0.1, 0.15) is 6.10 Å². The van der Waals surface area contributed by atoms with Gasteiger partial charge in [0.25, 0.3) is 0 Å². The Morgan fingerprint density at radius 1 is 1.45 bits per heavy atom. The lowest BCUT2D eigenvalue weighted by Crippen LogP contribution is -2.50. The van der Waals surface area contributed by atoms with Crippen molar-refractivity contribution < 1.29 is 9.84 Å². The maximum absolute atomic E-state index is 9.52. The second kappa shape index (κ2) is 2.90. The smallest absolute Gasteiger partial charge is 0.100 e. The largest absolute Gasteiger partial charge is 0.388 e. The second-order valence-corrected chi connectivity index (χ2v) is 3.34. The molecule has 4 heteroatoms. The molecule has 1 saturated carbocycles. The Balaban J connectivity index is 0.000000605. The highest BCUT2D eigenvalue weighted by Crippen LogP contribution is 2.42. The van der Waals surface area contributed by atoms with Crippen molar-refractivity contribution in [3.05, 3.63) is 0 Å². The van der Waals surface area contributed by atoms with Crippen molar-refractivity contribution in [1.82, 2.24) is 0 Å². The van der Waals surface area contributed by atoms with Crippen LogP contribution in [0.25, 0.3) is 0 Å². The molecule has 3 nitrogen and oxygen atoms in total. The normalized spacial score (nSPS) is 39.8. The summed E-state index contributed by atoms with van der Waals surface area (Å²) in [6, 6.07) is -0.153. The minimum atomic E-state index is -0.416. The Hall–Kier alpha value is 0.170. The molecule has 1 heterocycles. The highest BCUT2D eigenvalue weighted by Gasteiger charge is 2.51. The summed E-state index contributed by atoms with van der Waals surface area (Å²) < 4.78 is 5.43. The molecule has 2 fully saturated rings. The highest BCUT2D eigenvalue weighted by molar-refractivity contribution is 5.85. The molecule has 1 aliphatic heterocycles. The number of ether oxygens (including phenoxy) is 1. The number of aliphatic hydroxyl groups excluding tert-OH is 1. The van der Waals surface area contributed by atoms with E-state index in [2.05, 4.69) is 0 Å². The molecule has 0 amide bonds. The molecule has 0 aromatic rings. The lowest BCUT2D eigenvalue weighted by Gasteiger charge is -2.40. The Morgan fingerprint density at radius 3 is 2.27 bits per heavy atom. The molecule has 1 spiro atoms. The van der Waals surface area contributed by atoms with Crippen LogP contribution in [0, 0.1) is 0 Å². The summed E-state index contributed by atoms with van der Waals surface area (Å²) in [7, 11) is 0. The Morgan fingerprint density at radius 2 is 2.09 bits per heavy atom. The Kier molecular flexibility index (Phi) is 2.44. The van der Waals surface area contributed by atoms with Crippen LogP contribution in [0.4, 0.5) is 0 Å². The highest BCUT2D eigenvalue weighted by atomic mass is 35.5. The van der Waals surface area contributed by atoms with Crippen LogP contribution in [0.15, 0.2) is 0 Å². The molecule has 0 aromatic heterocycles. The van der Waals surface area contributed by atoms with Crippen molar-refractivity contribution in [1.29, 1.82) is 0 Å². The van der Waals surface area contributed by atoms with Gasteiger partial charge in [0, 0.05) is 0 Å². The molecule has 0 radical (unpaired) electrons. The van der Waals surface area contributed by atoms with Gasteiger partial charge >= 0.3 is 0 Å². The third kappa shape index (κ3) is 1.16. The number of rotatable bonds is 0. The van der Waals surface area contributed by atoms with E-state index in [-0.39, 0.29) is 24.0 Å². The quantitative estimate of drug-likeness (QED) is 0.553. The lowest BCUT2D eigenvalue weighted by atomic mass is 9.75. The summed E-state index contributed by atoms with van der Waals surface area (Å²) in [5.41, 5.74) is 5.37. The molecule has 2 rings (SSSR count). The number of hydrogen-bond donors (Lipinski definition) is 2. The Bertz CT molecular complexity index is 149. The first kappa shape index (κ1) is 9.26. The number of hydrogen-bond acceptors (Lipinski definition) is 3. The molecule has 3 N–H and O–H groups in total.